The van der Waals surface area contributed by atoms with Crippen LogP contribution in [0.4, 0.5) is 11.8 Å². The van der Waals surface area contributed by atoms with Gasteiger partial charge < -0.3 is 9.80 Å². The predicted molar refractivity (Wildman–Crippen MR) is 109 cm³/mol. The third-order valence-electron chi connectivity index (χ3n) is 5.42. The van der Waals surface area contributed by atoms with Gasteiger partial charge in [0.15, 0.2) is 11.5 Å². The fourth-order valence-electron chi connectivity index (χ4n) is 3.42. The van der Waals surface area contributed by atoms with Crippen molar-refractivity contribution >= 4 is 22.8 Å². The number of hydrogen-bond donors (Lipinski definition) is 0. The number of likely N-dealkylation sites (N-methyl/N-ethyl adjacent to an activating group) is 1. The molecule has 0 bridgehead atoms. The van der Waals surface area contributed by atoms with Crippen molar-refractivity contribution in [3.05, 3.63) is 34.4 Å². The van der Waals surface area contributed by atoms with E-state index in [2.05, 4.69) is 50.9 Å². The second-order valence-corrected chi connectivity index (χ2v) is 8.48. The van der Waals surface area contributed by atoms with Crippen LogP contribution < -0.4 is 15.4 Å². The molecule has 28 heavy (non-hydrogen) atoms. The van der Waals surface area contributed by atoms with Crippen molar-refractivity contribution < 1.29 is 0 Å². The summed E-state index contributed by atoms with van der Waals surface area (Å²) in [5.74, 6) is 1.52. The molecule has 4 heterocycles. The fraction of sp³-hybridized carbons (Fsp3) is 0.526. The van der Waals surface area contributed by atoms with Crippen LogP contribution in [0.2, 0.25) is 0 Å². The first-order valence-electron chi connectivity index (χ1n) is 9.37. The molecule has 148 valence electrons. The highest BCUT2D eigenvalue weighted by Crippen LogP contribution is 2.26. The molecule has 9 nitrogen and oxygen atoms in total. The van der Waals surface area contributed by atoms with Gasteiger partial charge in [-0.2, -0.15) is 15.2 Å². The Bertz CT molecular complexity index is 1070. The number of aryl methyl sites for hydroxylation is 1. The van der Waals surface area contributed by atoms with E-state index in [1.165, 1.54) is 0 Å². The van der Waals surface area contributed by atoms with Crippen LogP contribution in [0.15, 0.2) is 23.1 Å². The maximum atomic E-state index is 12.6. The monoisotopic (exact) mass is 382 g/mol. The summed E-state index contributed by atoms with van der Waals surface area (Å²) in [5.41, 5.74) is 1.49. The third kappa shape index (κ3) is 2.90. The van der Waals surface area contributed by atoms with Crippen LogP contribution in [0, 0.1) is 0 Å². The summed E-state index contributed by atoms with van der Waals surface area (Å²) < 4.78 is 3.22. The summed E-state index contributed by atoms with van der Waals surface area (Å²) in [6.45, 7) is 7.99. The Hall–Kier alpha value is -2.97. The first-order chi connectivity index (χ1) is 13.2. The molecule has 1 aliphatic rings. The van der Waals surface area contributed by atoms with Gasteiger partial charge in [-0.15, -0.1) is 5.10 Å². The number of fused-ring (bicyclic) bond motifs is 1. The summed E-state index contributed by atoms with van der Waals surface area (Å²) >= 11 is 0. The van der Waals surface area contributed by atoms with Crippen molar-refractivity contribution in [1.82, 2.24) is 29.5 Å². The number of rotatable bonds is 3. The van der Waals surface area contributed by atoms with Gasteiger partial charge in [-0.3, -0.25) is 14.0 Å². The summed E-state index contributed by atoms with van der Waals surface area (Å²) in [6.07, 6.45) is 1.57. The van der Waals surface area contributed by atoms with E-state index in [0.717, 1.165) is 24.6 Å². The zero-order valence-corrected chi connectivity index (χ0v) is 17.2. The Labute approximate surface area is 163 Å². The van der Waals surface area contributed by atoms with Gasteiger partial charge >= 0.3 is 0 Å². The molecule has 0 unspecified atom stereocenters. The second kappa shape index (κ2) is 6.29. The fourth-order valence-corrected chi connectivity index (χ4v) is 3.42. The predicted octanol–water partition coefficient (Wildman–Crippen LogP) is 1.08. The summed E-state index contributed by atoms with van der Waals surface area (Å²) in [5, 5.41) is 13.4. The molecule has 3 aromatic rings. The summed E-state index contributed by atoms with van der Waals surface area (Å²) in [6, 6.07) is 4.31. The molecule has 3 aromatic heterocycles. The van der Waals surface area contributed by atoms with Crippen LogP contribution in [-0.2, 0) is 19.5 Å². The lowest BCUT2D eigenvalue weighted by Crippen LogP contribution is -2.60. The lowest BCUT2D eigenvalue weighted by atomic mass is 9.92. The normalized spacial score (nSPS) is 15.1. The van der Waals surface area contributed by atoms with Crippen LogP contribution >= 0.6 is 0 Å². The maximum Gasteiger partial charge on any atom is 0.265 e. The van der Waals surface area contributed by atoms with Crippen LogP contribution in [-0.4, -0.2) is 55.7 Å². The molecular formula is C19H26N8O. The van der Waals surface area contributed by atoms with Crippen molar-refractivity contribution in [2.75, 3.05) is 29.9 Å². The topological polar surface area (TPSA) is 85.0 Å². The largest absolute Gasteiger partial charge is 0.351 e. The molecule has 9 heteroatoms. The van der Waals surface area contributed by atoms with Crippen molar-refractivity contribution in [3.8, 4) is 0 Å². The van der Waals surface area contributed by atoms with E-state index >= 15 is 0 Å². The first kappa shape index (κ1) is 18.4. The SMILES string of the molecule is CN(c1nc2c(cnn2C)c(=O)n1C)C1CN(c2ccc(C(C)(C)C)nn2)C1. The molecular weight excluding hydrogens is 356 g/mol. The molecule has 4 rings (SSSR count). The smallest absolute Gasteiger partial charge is 0.265 e. The van der Waals surface area contributed by atoms with E-state index in [0.29, 0.717) is 17.0 Å². The van der Waals surface area contributed by atoms with Crippen LogP contribution in [0.1, 0.15) is 26.5 Å². The van der Waals surface area contributed by atoms with Gasteiger partial charge in [0.05, 0.1) is 17.9 Å². The molecule has 0 N–H and O–H groups in total. The number of aromatic nitrogens is 6. The lowest BCUT2D eigenvalue weighted by molar-refractivity contribution is 0.477. The molecule has 0 saturated carbocycles. The van der Waals surface area contributed by atoms with Crippen LogP contribution in [0.25, 0.3) is 11.0 Å². The van der Waals surface area contributed by atoms with E-state index in [1.807, 2.05) is 19.2 Å². The Kier molecular flexibility index (Phi) is 4.13. The van der Waals surface area contributed by atoms with Gasteiger partial charge in [0.25, 0.3) is 5.56 Å². The summed E-state index contributed by atoms with van der Waals surface area (Å²) in [7, 11) is 5.52. The molecule has 0 radical (unpaired) electrons. The van der Waals surface area contributed by atoms with Crippen molar-refractivity contribution in [3.63, 3.8) is 0 Å². The molecule has 0 atom stereocenters. The van der Waals surface area contributed by atoms with E-state index < -0.39 is 0 Å². The molecule has 1 fully saturated rings. The zero-order chi connectivity index (χ0) is 20.2. The standard InChI is InChI=1S/C19H26N8O/c1-19(2,3)14-7-8-15(23-22-14)27-10-12(11-27)24(4)18-21-16-13(9-20-26(16)6)17(28)25(18)5/h7-9,12H,10-11H2,1-6H3. The second-order valence-electron chi connectivity index (χ2n) is 8.48. The quantitative estimate of drug-likeness (QED) is 0.670. The Morgan fingerprint density at radius 2 is 1.86 bits per heavy atom. The average Bonchev–Trinajstić information content (AvgIpc) is 2.97. The first-order valence-corrected chi connectivity index (χ1v) is 9.37. The van der Waals surface area contributed by atoms with Crippen molar-refractivity contribution in [2.24, 2.45) is 14.1 Å². The number of anilines is 2. The highest BCUT2D eigenvalue weighted by molar-refractivity contribution is 5.74. The number of nitrogens with zero attached hydrogens (tertiary/aromatic N) is 8. The van der Waals surface area contributed by atoms with E-state index in [9.17, 15) is 4.79 Å². The van der Waals surface area contributed by atoms with Crippen LogP contribution in [0.5, 0.6) is 0 Å². The average molecular weight is 382 g/mol. The van der Waals surface area contributed by atoms with E-state index in [-0.39, 0.29) is 17.0 Å². The molecule has 1 saturated heterocycles. The Balaban J connectivity index is 1.52. The van der Waals surface area contributed by atoms with Crippen molar-refractivity contribution in [1.29, 1.82) is 0 Å². The Morgan fingerprint density at radius 1 is 1.14 bits per heavy atom. The van der Waals surface area contributed by atoms with Crippen molar-refractivity contribution in [2.45, 2.75) is 32.2 Å². The van der Waals surface area contributed by atoms with Gasteiger partial charge in [0.1, 0.15) is 5.39 Å². The van der Waals surface area contributed by atoms with Gasteiger partial charge in [-0.1, -0.05) is 20.8 Å². The summed E-state index contributed by atoms with van der Waals surface area (Å²) in [4.78, 5) is 21.5. The minimum atomic E-state index is -0.0836. The van der Waals surface area contributed by atoms with Crippen LogP contribution in [0.3, 0.4) is 0 Å². The highest BCUT2D eigenvalue weighted by atomic mass is 16.1. The van der Waals surface area contributed by atoms with E-state index in [4.69, 9.17) is 0 Å². The molecule has 0 aromatic carbocycles. The number of hydrogen-bond acceptors (Lipinski definition) is 7. The zero-order valence-electron chi connectivity index (χ0n) is 17.2. The Morgan fingerprint density at radius 3 is 2.46 bits per heavy atom. The highest BCUT2D eigenvalue weighted by Gasteiger charge is 2.33. The van der Waals surface area contributed by atoms with Gasteiger partial charge in [-0.25, -0.2) is 0 Å². The minimum Gasteiger partial charge on any atom is -0.351 e. The van der Waals surface area contributed by atoms with Gasteiger partial charge in [0.2, 0.25) is 5.95 Å². The van der Waals surface area contributed by atoms with Gasteiger partial charge in [-0.05, 0) is 12.1 Å². The maximum absolute atomic E-state index is 12.6. The third-order valence-corrected chi connectivity index (χ3v) is 5.42. The molecule has 0 amide bonds. The lowest BCUT2D eigenvalue weighted by Gasteiger charge is -2.45. The molecule has 1 aliphatic heterocycles. The van der Waals surface area contributed by atoms with Gasteiger partial charge in [0, 0.05) is 39.6 Å². The molecule has 0 aliphatic carbocycles. The molecule has 0 spiro atoms. The minimum absolute atomic E-state index is 0.00979. The van der Waals surface area contributed by atoms with E-state index in [1.54, 1.807) is 29.5 Å².